The van der Waals surface area contributed by atoms with Crippen LogP contribution < -0.4 is 24.3 Å². The number of carbonyl (C=O) groups is 1. The first kappa shape index (κ1) is 16.9. The lowest BCUT2D eigenvalue weighted by Crippen LogP contribution is -2.24. The summed E-state index contributed by atoms with van der Waals surface area (Å²) in [6.45, 7) is 0. The molecule has 0 unspecified atom stereocenters. The van der Waals surface area contributed by atoms with Crippen LogP contribution in [0.5, 0.6) is 23.0 Å². The highest BCUT2D eigenvalue weighted by atomic mass is 35.5. The molecule has 2 heterocycles. The lowest BCUT2D eigenvalue weighted by atomic mass is 10.1. The number of aromatic nitrogens is 1. The van der Waals surface area contributed by atoms with Crippen LogP contribution >= 0.6 is 11.6 Å². The van der Waals surface area contributed by atoms with E-state index in [0.717, 1.165) is 0 Å². The molecule has 8 heteroatoms. The molecule has 0 aliphatic carbocycles. The number of amides is 1. The van der Waals surface area contributed by atoms with Crippen molar-refractivity contribution >= 4 is 29.4 Å². The molecule has 0 fully saturated rings. The molecule has 1 aromatic carbocycles. The van der Waals surface area contributed by atoms with Gasteiger partial charge < -0.3 is 24.3 Å². The molecule has 1 aliphatic rings. The van der Waals surface area contributed by atoms with Crippen molar-refractivity contribution in [2.75, 3.05) is 26.6 Å². The third-order valence-corrected chi connectivity index (χ3v) is 3.70. The highest BCUT2D eigenvalue weighted by Crippen LogP contribution is 2.39. The molecule has 2 aromatic rings. The minimum absolute atomic E-state index is 0.103. The van der Waals surface area contributed by atoms with Gasteiger partial charge in [0.25, 0.3) is 5.91 Å². The molecule has 1 aromatic heterocycles. The topological polar surface area (TPSA) is 78.9 Å². The zero-order chi connectivity index (χ0) is 18.0. The van der Waals surface area contributed by atoms with Crippen LogP contribution in [0.25, 0.3) is 6.08 Å². The molecular formula is C17H15ClN2O5. The predicted octanol–water partition coefficient (Wildman–Crippen LogP) is 3.13. The van der Waals surface area contributed by atoms with E-state index in [2.05, 4.69) is 10.3 Å². The number of fused-ring (bicyclic) bond motifs is 1. The van der Waals surface area contributed by atoms with Crippen molar-refractivity contribution in [1.29, 1.82) is 0 Å². The first-order valence-corrected chi connectivity index (χ1v) is 7.61. The van der Waals surface area contributed by atoms with Gasteiger partial charge in [0.2, 0.25) is 5.75 Å². The zero-order valence-corrected chi connectivity index (χ0v) is 14.5. The van der Waals surface area contributed by atoms with Crippen molar-refractivity contribution < 1.29 is 23.7 Å². The van der Waals surface area contributed by atoms with Gasteiger partial charge in [0.1, 0.15) is 5.15 Å². The molecule has 1 amide bonds. The number of rotatable bonds is 4. The molecule has 0 atom stereocenters. The van der Waals surface area contributed by atoms with Gasteiger partial charge in [-0.25, -0.2) is 4.98 Å². The fraction of sp³-hybridized carbons (Fsp3) is 0.176. The maximum atomic E-state index is 12.2. The summed E-state index contributed by atoms with van der Waals surface area (Å²) >= 11 is 5.81. The van der Waals surface area contributed by atoms with Gasteiger partial charge in [-0.3, -0.25) is 4.79 Å². The Bertz CT molecular complexity index is 841. The number of carbonyl (C=O) groups excluding carboxylic acids is 1. The summed E-state index contributed by atoms with van der Waals surface area (Å²) in [6.07, 6.45) is 1.57. The number of benzene rings is 1. The molecule has 0 radical (unpaired) electrons. The van der Waals surface area contributed by atoms with Gasteiger partial charge in [-0.2, -0.15) is 0 Å². The van der Waals surface area contributed by atoms with E-state index in [0.29, 0.717) is 28.6 Å². The number of pyridine rings is 1. The molecule has 1 aliphatic heterocycles. The van der Waals surface area contributed by atoms with Gasteiger partial charge >= 0.3 is 0 Å². The third kappa shape index (κ3) is 3.32. The molecule has 3 rings (SSSR count). The summed E-state index contributed by atoms with van der Waals surface area (Å²) < 4.78 is 21.5. The second kappa shape index (κ2) is 6.90. The Hall–Kier alpha value is -2.93. The SMILES string of the molecule is COc1cc(/C=C2\Oc3ccc(Cl)nc3NC2=O)cc(OC)c1OC. The van der Waals surface area contributed by atoms with Crippen molar-refractivity contribution in [2.24, 2.45) is 0 Å². The lowest BCUT2D eigenvalue weighted by Gasteiger charge is -2.19. The van der Waals surface area contributed by atoms with Crippen molar-refractivity contribution in [3.63, 3.8) is 0 Å². The van der Waals surface area contributed by atoms with Gasteiger partial charge in [-0.1, -0.05) is 11.6 Å². The van der Waals surface area contributed by atoms with Crippen molar-refractivity contribution in [2.45, 2.75) is 0 Å². The van der Waals surface area contributed by atoms with Crippen LogP contribution in [-0.2, 0) is 4.79 Å². The minimum Gasteiger partial charge on any atom is -0.493 e. The summed E-state index contributed by atoms with van der Waals surface area (Å²) in [7, 11) is 4.55. The number of hydrogen-bond acceptors (Lipinski definition) is 6. The minimum atomic E-state index is -0.434. The van der Waals surface area contributed by atoms with Crippen LogP contribution in [0.4, 0.5) is 5.82 Å². The molecule has 25 heavy (non-hydrogen) atoms. The summed E-state index contributed by atoms with van der Waals surface area (Å²) in [6, 6.07) is 6.63. The average Bonchev–Trinajstić information content (AvgIpc) is 2.61. The third-order valence-electron chi connectivity index (χ3n) is 3.48. The first-order valence-electron chi connectivity index (χ1n) is 7.23. The molecular weight excluding hydrogens is 348 g/mol. The highest BCUT2D eigenvalue weighted by Gasteiger charge is 2.24. The number of nitrogens with one attached hydrogen (secondary N) is 1. The Balaban J connectivity index is 2.00. The van der Waals surface area contributed by atoms with E-state index in [1.54, 1.807) is 30.3 Å². The Morgan fingerprint density at radius 3 is 2.40 bits per heavy atom. The highest BCUT2D eigenvalue weighted by molar-refractivity contribution is 6.29. The summed E-state index contributed by atoms with van der Waals surface area (Å²) in [5, 5.41) is 2.90. The molecule has 1 N–H and O–H groups in total. The van der Waals surface area contributed by atoms with E-state index in [9.17, 15) is 4.79 Å². The molecule has 0 spiro atoms. The second-order valence-electron chi connectivity index (χ2n) is 5.00. The van der Waals surface area contributed by atoms with Crippen molar-refractivity contribution in [1.82, 2.24) is 4.98 Å². The lowest BCUT2D eigenvalue weighted by molar-refractivity contribution is -0.115. The molecule has 0 saturated heterocycles. The summed E-state index contributed by atoms with van der Waals surface area (Å²) in [5.74, 6) is 1.76. The van der Waals surface area contributed by atoms with Gasteiger partial charge in [-0.15, -0.1) is 0 Å². The average molecular weight is 363 g/mol. The van der Waals surface area contributed by atoms with Crippen molar-refractivity contribution in [3.05, 3.63) is 40.7 Å². The van der Waals surface area contributed by atoms with Gasteiger partial charge in [0, 0.05) is 0 Å². The number of ether oxygens (including phenoxy) is 4. The fourth-order valence-corrected chi connectivity index (χ4v) is 2.51. The molecule has 0 saturated carbocycles. The maximum absolute atomic E-state index is 12.2. The number of anilines is 1. The largest absolute Gasteiger partial charge is 0.493 e. The van der Waals surface area contributed by atoms with Crippen LogP contribution in [-0.4, -0.2) is 32.2 Å². The Morgan fingerprint density at radius 2 is 1.80 bits per heavy atom. The second-order valence-corrected chi connectivity index (χ2v) is 5.39. The van der Waals surface area contributed by atoms with Gasteiger partial charge in [-0.05, 0) is 35.9 Å². The van der Waals surface area contributed by atoms with Crippen LogP contribution in [0.2, 0.25) is 5.15 Å². The van der Waals surface area contributed by atoms with Crippen LogP contribution in [0.1, 0.15) is 5.56 Å². The molecule has 0 bridgehead atoms. The van der Waals surface area contributed by atoms with E-state index < -0.39 is 5.91 Å². The number of halogens is 1. The standard InChI is InChI=1S/C17H15ClN2O5/c1-22-11-6-9(7-12(23-2)15(11)24-3)8-13-17(21)20-16-10(25-13)4-5-14(18)19-16/h4-8H,1-3H3,(H,19,20,21)/b13-8-. The Labute approximate surface area is 149 Å². The first-order chi connectivity index (χ1) is 12.0. The van der Waals surface area contributed by atoms with Crippen LogP contribution in [0, 0.1) is 0 Å². The van der Waals surface area contributed by atoms with Crippen LogP contribution in [0.3, 0.4) is 0 Å². The van der Waals surface area contributed by atoms with Gasteiger partial charge in [0.15, 0.2) is 28.8 Å². The van der Waals surface area contributed by atoms with E-state index in [1.165, 1.54) is 21.3 Å². The van der Waals surface area contributed by atoms with Crippen molar-refractivity contribution in [3.8, 4) is 23.0 Å². The predicted molar refractivity (Wildman–Crippen MR) is 92.6 cm³/mol. The smallest absolute Gasteiger partial charge is 0.292 e. The fourth-order valence-electron chi connectivity index (χ4n) is 2.36. The number of nitrogens with zero attached hydrogens (tertiary/aromatic N) is 1. The zero-order valence-electron chi connectivity index (χ0n) is 13.8. The normalized spacial score (nSPS) is 14.4. The van der Waals surface area contributed by atoms with E-state index in [-0.39, 0.29) is 16.7 Å². The van der Waals surface area contributed by atoms with E-state index in [1.807, 2.05) is 0 Å². The number of methoxy groups -OCH3 is 3. The molecule has 7 nitrogen and oxygen atoms in total. The summed E-state index contributed by atoms with van der Waals surface area (Å²) in [5.41, 5.74) is 0.644. The monoisotopic (exact) mass is 362 g/mol. The van der Waals surface area contributed by atoms with Gasteiger partial charge in [0.05, 0.1) is 21.3 Å². The van der Waals surface area contributed by atoms with E-state index in [4.69, 9.17) is 30.5 Å². The maximum Gasteiger partial charge on any atom is 0.292 e. The quantitative estimate of drug-likeness (QED) is 0.665. The van der Waals surface area contributed by atoms with Crippen LogP contribution in [0.15, 0.2) is 30.0 Å². The summed E-state index contributed by atoms with van der Waals surface area (Å²) in [4.78, 5) is 16.2. The van der Waals surface area contributed by atoms with E-state index >= 15 is 0 Å². The molecule has 130 valence electrons. The number of hydrogen-bond donors (Lipinski definition) is 1. The Kier molecular flexibility index (Phi) is 4.67. The Morgan fingerprint density at radius 1 is 1.12 bits per heavy atom.